The van der Waals surface area contributed by atoms with Crippen LogP contribution >= 0.6 is 11.5 Å². The highest BCUT2D eigenvalue weighted by atomic mass is 32.1. The van der Waals surface area contributed by atoms with Gasteiger partial charge >= 0.3 is 0 Å². The molecule has 1 atom stereocenters. The molecule has 1 saturated heterocycles. The zero-order valence-corrected chi connectivity index (χ0v) is 15.5. The number of rotatable bonds is 2. The van der Waals surface area contributed by atoms with Gasteiger partial charge in [0, 0.05) is 41.1 Å². The monoisotopic (exact) mass is 353 g/mol. The molecule has 1 unspecified atom stereocenters. The van der Waals surface area contributed by atoms with Crippen molar-refractivity contribution >= 4 is 28.1 Å². The van der Waals surface area contributed by atoms with E-state index in [2.05, 4.69) is 31.5 Å². The fourth-order valence-electron chi connectivity index (χ4n) is 3.44. The average molecular weight is 353 g/mol. The van der Waals surface area contributed by atoms with Crippen LogP contribution in [0.25, 0.3) is 5.57 Å². The van der Waals surface area contributed by atoms with Gasteiger partial charge in [-0.1, -0.05) is 19.9 Å². The van der Waals surface area contributed by atoms with Crippen LogP contribution in [0, 0.1) is 25.2 Å². The number of amides is 1. The summed E-state index contributed by atoms with van der Waals surface area (Å²) in [5, 5.41) is 0.644. The molecule has 7 heteroatoms. The molecule has 0 radical (unpaired) electrons. The molecule has 1 amide bonds. The standard InChI is InChI=1S/C18H19N5OS/c1-10-19-8-13(9-20-10)12-5-6-14-15(7-12)23(16(24)18(14,3)4)17-21-11(2)22-25-17/h5,7-9,14H,6H2,1-4H3. The summed E-state index contributed by atoms with van der Waals surface area (Å²) in [6.45, 7) is 7.73. The van der Waals surface area contributed by atoms with E-state index in [9.17, 15) is 4.79 Å². The third-order valence-electron chi connectivity index (χ3n) is 4.94. The van der Waals surface area contributed by atoms with Gasteiger partial charge in [0.25, 0.3) is 0 Å². The van der Waals surface area contributed by atoms with Gasteiger partial charge in [0.1, 0.15) is 11.6 Å². The Bertz CT molecular complexity index is 910. The Morgan fingerprint density at radius 2 is 1.92 bits per heavy atom. The summed E-state index contributed by atoms with van der Waals surface area (Å²) in [6.07, 6.45) is 8.71. The van der Waals surface area contributed by atoms with E-state index in [1.54, 1.807) is 4.90 Å². The van der Waals surface area contributed by atoms with Crippen LogP contribution in [0.15, 0.2) is 30.2 Å². The molecular weight excluding hydrogens is 334 g/mol. The van der Waals surface area contributed by atoms with E-state index >= 15 is 0 Å². The van der Waals surface area contributed by atoms with Crippen LogP contribution in [0.3, 0.4) is 0 Å². The van der Waals surface area contributed by atoms with E-state index < -0.39 is 5.41 Å². The normalized spacial score (nSPS) is 21.8. The van der Waals surface area contributed by atoms with Crippen LogP contribution < -0.4 is 4.90 Å². The van der Waals surface area contributed by atoms with Crippen LogP contribution in [0.2, 0.25) is 0 Å². The smallest absolute Gasteiger partial charge is 0.239 e. The largest absolute Gasteiger partial charge is 0.273 e. The van der Waals surface area contributed by atoms with E-state index in [4.69, 9.17) is 0 Å². The number of carbonyl (C=O) groups excluding carboxylic acids is 1. The number of carbonyl (C=O) groups is 1. The van der Waals surface area contributed by atoms with E-state index in [-0.39, 0.29) is 11.8 Å². The maximum Gasteiger partial charge on any atom is 0.239 e. The van der Waals surface area contributed by atoms with Crippen molar-refractivity contribution in [3.8, 4) is 0 Å². The zero-order chi connectivity index (χ0) is 17.8. The molecule has 0 spiro atoms. The van der Waals surface area contributed by atoms with Crippen molar-refractivity contribution in [2.24, 2.45) is 11.3 Å². The maximum absolute atomic E-state index is 13.1. The molecule has 0 saturated carbocycles. The molecule has 4 rings (SSSR count). The summed E-state index contributed by atoms with van der Waals surface area (Å²) in [5.74, 6) is 1.65. The topological polar surface area (TPSA) is 71.9 Å². The van der Waals surface area contributed by atoms with Gasteiger partial charge in [-0.3, -0.25) is 9.69 Å². The van der Waals surface area contributed by atoms with Gasteiger partial charge in [-0.25, -0.2) is 15.0 Å². The summed E-state index contributed by atoms with van der Waals surface area (Å²) in [5.41, 5.74) is 2.53. The fraction of sp³-hybridized carbons (Fsp3) is 0.389. The third kappa shape index (κ3) is 2.50. The lowest BCUT2D eigenvalue weighted by molar-refractivity contribution is -0.125. The number of anilines is 1. The second-order valence-electron chi connectivity index (χ2n) is 7.02. The van der Waals surface area contributed by atoms with Crippen molar-refractivity contribution < 1.29 is 4.79 Å². The Labute approximate surface area is 150 Å². The molecule has 1 fully saturated rings. The van der Waals surface area contributed by atoms with Crippen LogP contribution in [0.1, 0.15) is 37.5 Å². The first kappa shape index (κ1) is 16.1. The summed E-state index contributed by atoms with van der Waals surface area (Å²) >= 11 is 1.27. The molecule has 128 valence electrons. The highest BCUT2D eigenvalue weighted by molar-refractivity contribution is 7.10. The van der Waals surface area contributed by atoms with Gasteiger partial charge in [0.05, 0.1) is 5.41 Å². The molecule has 2 aliphatic rings. The SMILES string of the molecule is Cc1ncc(C2=CCC3C(=C2)N(c2nc(C)ns2)C(=O)C3(C)C)cn1. The average Bonchev–Trinajstić information content (AvgIpc) is 3.08. The molecule has 3 heterocycles. The minimum Gasteiger partial charge on any atom is -0.273 e. The minimum absolute atomic E-state index is 0.0784. The number of allylic oxidation sites excluding steroid dienone is 4. The third-order valence-corrected chi connectivity index (χ3v) is 5.73. The highest BCUT2D eigenvalue weighted by Crippen LogP contribution is 2.50. The van der Waals surface area contributed by atoms with Crippen molar-refractivity contribution in [3.05, 3.63) is 47.5 Å². The zero-order valence-electron chi connectivity index (χ0n) is 14.6. The molecule has 2 aromatic rings. The first-order valence-corrected chi connectivity index (χ1v) is 9.01. The molecule has 2 aromatic heterocycles. The Morgan fingerprint density at radius 3 is 2.56 bits per heavy atom. The first-order valence-electron chi connectivity index (χ1n) is 8.23. The second kappa shape index (κ2) is 5.56. The number of fused-ring (bicyclic) bond motifs is 1. The molecule has 1 aliphatic carbocycles. The first-order chi connectivity index (χ1) is 11.9. The molecular formula is C18H19N5OS. The van der Waals surface area contributed by atoms with Crippen molar-refractivity contribution in [1.29, 1.82) is 0 Å². The maximum atomic E-state index is 13.1. The van der Waals surface area contributed by atoms with Crippen molar-refractivity contribution in [2.45, 2.75) is 34.1 Å². The number of hydrogen-bond acceptors (Lipinski definition) is 6. The van der Waals surface area contributed by atoms with Crippen LogP contribution in [0.4, 0.5) is 5.13 Å². The fourth-order valence-corrected chi connectivity index (χ4v) is 4.14. The highest BCUT2D eigenvalue weighted by Gasteiger charge is 2.52. The summed E-state index contributed by atoms with van der Waals surface area (Å²) in [4.78, 5) is 27.8. The van der Waals surface area contributed by atoms with Gasteiger partial charge in [-0.15, -0.1) is 0 Å². The van der Waals surface area contributed by atoms with Gasteiger partial charge in [0.15, 0.2) is 0 Å². The minimum atomic E-state index is -0.461. The predicted molar refractivity (Wildman–Crippen MR) is 96.8 cm³/mol. The van der Waals surface area contributed by atoms with Crippen molar-refractivity contribution in [3.63, 3.8) is 0 Å². The predicted octanol–water partition coefficient (Wildman–Crippen LogP) is 3.31. The van der Waals surface area contributed by atoms with Gasteiger partial charge in [-0.05, 0) is 31.9 Å². The lowest BCUT2D eigenvalue weighted by Gasteiger charge is -2.25. The van der Waals surface area contributed by atoms with Gasteiger partial charge in [-0.2, -0.15) is 4.37 Å². The number of aryl methyl sites for hydroxylation is 2. The lowest BCUT2D eigenvalue weighted by atomic mass is 9.75. The Hall–Kier alpha value is -2.41. The van der Waals surface area contributed by atoms with Crippen molar-refractivity contribution in [1.82, 2.24) is 19.3 Å². The van der Waals surface area contributed by atoms with E-state index in [1.165, 1.54) is 11.5 Å². The lowest BCUT2D eigenvalue weighted by Crippen LogP contribution is -2.31. The molecule has 0 N–H and O–H groups in total. The molecule has 0 aromatic carbocycles. The molecule has 0 bridgehead atoms. The van der Waals surface area contributed by atoms with E-state index in [0.717, 1.165) is 29.1 Å². The number of nitrogens with zero attached hydrogens (tertiary/aromatic N) is 5. The quantitative estimate of drug-likeness (QED) is 0.828. The van der Waals surface area contributed by atoms with Gasteiger partial charge < -0.3 is 0 Å². The molecule has 6 nitrogen and oxygen atoms in total. The number of aromatic nitrogens is 4. The Balaban J connectivity index is 1.79. The van der Waals surface area contributed by atoms with E-state index in [1.807, 2.05) is 40.1 Å². The van der Waals surface area contributed by atoms with Gasteiger partial charge in [0.2, 0.25) is 11.0 Å². The van der Waals surface area contributed by atoms with Crippen molar-refractivity contribution in [2.75, 3.05) is 4.90 Å². The summed E-state index contributed by atoms with van der Waals surface area (Å²) < 4.78 is 4.24. The number of hydrogen-bond donors (Lipinski definition) is 0. The summed E-state index contributed by atoms with van der Waals surface area (Å²) in [7, 11) is 0. The Morgan fingerprint density at radius 1 is 1.20 bits per heavy atom. The van der Waals surface area contributed by atoms with Crippen LogP contribution in [0.5, 0.6) is 0 Å². The Kier molecular flexibility index (Phi) is 3.57. The van der Waals surface area contributed by atoms with E-state index in [0.29, 0.717) is 11.0 Å². The van der Waals surface area contributed by atoms with Crippen LogP contribution in [-0.4, -0.2) is 25.2 Å². The molecule has 25 heavy (non-hydrogen) atoms. The summed E-state index contributed by atoms with van der Waals surface area (Å²) in [6, 6.07) is 0. The second-order valence-corrected chi connectivity index (χ2v) is 7.75. The van der Waals surface area contributed by atoms with Crippen LogP contribution in [-0.2, 0) is 4.79 Å². The molecule has 1 aliphatic heterocycles.